The van der Waals surface area contributed by atoms with Gasteiger partial charge in [-0.2, -0.15) is 0 Å². The Balaban J connectivity index is 1.76. The molecule has 0 saturated heterocycles. The van der Waals surface area contributed by atoms with Crippen LogP contribution >= 0.6 is 0 Å². The van der Waals surface area contributed by atoms with E-state index in [0.29, 0.717) is 0 Å². The summed E-state index contributed by atoms with van der Waals surface area (Å²) >= 11 is 0. The highest BCUT2D eigenvalue weighted by Gasteiger charge is 2.21. The van der Waals surface area contributed by atoms with E-state index in [1.54, 1.807) is 5.56 Å². The molecule has 1 heteroatoms. The second-order valence-corrected chi connectivity index (χ2v) is 5.33. The summed E-state index contributed by atoms with van der Waals surface area (Å²) in [6.45, 7) is 2.57. The molecule has 3 rings (SSSR count). The number of nitrogens with zero attached hydrogens (tertiary/aromatic N) is 1. The highest BCUT2D eigenvalue weighted by molar-refractivity contribution is 5.55. The second kappa shape index (κ2) is 4.48. The Morgan fingerprint density at radius 2 is 1.88 bits per heavy atom. The van der Waals surface area contributed by atoms with Gasteiger partial charge in [-0.3, -0.25) is 0 Å². The minimum absolute atomic E-state index is 0.964. The summed E-state index contributed by atoms with van der Waals surface area (Å²) in [7, 11) is 0. The van der Waals surface area contributed by atoms with Gasteiger partial charge in [-0.25, -0.2) is 0 Å². The molecule has 1 aliphatic carbocycles. The molecule has 0 amide bonds. The molecule has 1 aromatic rings. The molecule has 1 aromatic carbocycles. The normalized spacial score (nSPS) is 21.1. The van der Waals surface area contributed by atoms with Gasteiger partial charge in [-0.05, 0) is 43.2 Å². The van der Waals surface area contributed by atoms with E-state index >= 15 is 0 Å². The summed E-state index contributed by atoms with van der Waals surface area (Å²) in [6.07, 6.45) is 8.44. The van der Waals surface area contributed by atoms with Crippen molar-refractivity contribution in [1.82, 2.24) is 0 Å². The predicted molar refractivity (Wildman–Crippen MR) is 68.9 cm³/mol. The van der Waals surface area contributed by atoms with E-state index in [0.717, 1.165) is 5.92 Å². The topological polar surface area (TPSA) is 3.24 Å². The fourth-order valence-corrected chi connectivity index (χ4v) is 3.31. The Morgan fingerprint density at radius 1 is 1.06 bits per heavy atom. The van der Waals surface area contributed by atoms with Crippen molar-refractivity contribution in [3.8, 4) is 0 Å². The van der Waals surface area contributed by atoms with Crippen molar-refractivity contribution in [2.24, 2.45) is 5.92 Å². The van der Waals surface area contributed by atoms with E-state index in [1.807, 2.05) is 0 Å². The molecule has 0 aromatic heterocycles. The molecule has 16 heavy (non-hydrogen) atoms. The van der Waals surface area contributed by atoms with Crippen molar-refractivity contribution < 1.29 is 0 Å². The van der Waals surface area contributed by atoms with Crippen molar-refractivity contribution in [3.05, 3.63) is 29.8 Å². The van der Waals surface area contributed by atoms with Crippen molar-refractivity contribution in [1.29, 1.82) is 0 Å². The van der Waals surface area contributed by atoms with Crippen LogP contribution in [0.1, 0.15) is 37.7 Å². The van der Waals surface area contributed by atoms with Crippen molar-refractivity contribution in [2.75, 3.05) is 18.0 Å². The molecule has 0 bridgehead atoms. The van der Waals surface area contributed by atoms with Crippen molar-refractivity contribution in [2.45, 2.75) is 38.5 Å². The van der Waals surface area contributed by atoms with Gasteiger partial charge >= 0.3 is 0 Å². The molecular formula is C15H21N. The highest BCUT2D eigenvalue weighted by Crippen LogP contribution is 2.31. The number of hydrogen-bond acceptors (Lipinski definition) is 1. The number of rotatable bonds is 2. The van der Waals surface area contributed by atoms with Crippen molar-refractivity contribution in [3.63, 3.8) is 0 Å². The Morgan fingerprint density at radius 3 is 2.75 bits per heavy atom. The summed E-state index contributed by atoms with van der Waals surface area (Å²) in [5.41, 5.74) is 3.08. The zero-order chi connectivity index (χ0) is 10.8. The minimum atomic E-state index is 0.964. The van der Waals surface area contributed by atoms with E-state index in [4.69, 9.17) is 0 Å². The van der Waals surface area contributed by atoms with Crippen LogP contribution in [0.2, 0.25) is 0 Å². The summed E-state index contributed by atoms with van der Waals surface area (Å²) in [4.78, 5) is 2.63. The molecule has 0 atom stereocenters. The maximum Gasteiger partial charge on any atom is 0.0398 e. The van der Waals surface area contributed by atoms with E-state index < -0.39 is 0 Å². The van der Waals surface area contributed by atoms with Crippen LogP contribution in [0.4, 0.5) is 5.69 Å². The van der Waals surface area contributed by atoms with Gasteiger partial charge in [0.25, 0.3) is 0 Å². The third-order valence-electron chi connectivity index (χ3n) is 4.16. The highest BCUT2D eigenvalue weighted by atomic mass is 15.1. The lowest BCUT2D eigenvalue weighted by Crippen LogP contribution is -2.33. The number of para-hydroxylation sites is 1. The smallest absolute Gasteiger partial charge is 0.0398 e. The van der Waals surface area contributed by atoms with Crippen LogP contribution in [0.15, 0.2) is 24.3 Å². The molecule has 1 heterocycles. The van der Waals surface area contributed by atoms with Crippen LogP contribution in [-0.4, -0.2) is 13.1 Å². The van der Waals surface area contributed by atoms with Gasteiger partial charge in [-0.1, -0.05) is 31.0 Å². The average Bonchev–Trinajstić information content (AvgIpc) is 2.82. The van der Waals surface area contributed by atoms with Crippen LogP contribution in [0.5, 0.6) is 0 Å². The Labute approximate surface area is 98.5 Å². The minimum Gasteiger partial charge on any atom is -0.371 e. The quantitative estimate of drug-likeness (QED) is 0.728. The first-order valence-electron chi connectivity index (χ1n) is 6.76. The summed E-state index contributed by atoms with van der Waals surface area (Å²) in [6, 6.07) is 8.98. The molecule has 0 radical (unpaired) electrons. The number of hydrogen-bond donors (Lipinski definition) is 0. The van der Waals surface area contributed by atoms with Gasteiger partial charge < -0.3 is 4.90 Å². The van der Waals surface area contributed by atoms with Crippen LogP contribution in [0.3, 0.4) is 0 Å². The second-order valence-electron chi connectivity index (χ2n) is 5.33. The van der Waals surface area contributed by atoms with Crippen molar-refractivity contribution >= 4 is 5.69 Å². The zero-order valence-electron chi connectivity index (χ0n) is 9.99. The predicted octanol–water partition coefficient (Wildman–Crippen LogP) is 3.63. The first kappa shape index (κ1) is 10.2. The van der Waals surface area contributed by atoms with Crippen LogP contribution in [0, 0.1) is 5.92 Å². The molecule has 1 saturated carbocycles. The molecule has 1 aliphatic heterocycles. The molecule has 1 fully saturated rings. The number of anilines is 1. The Bertz CT molecular complexity index is 352. The monoisotopic (exact) mass is 215 g/mol. The SMILES string of the molecule is c1ccc2c(c1)CCCN2CC1CCCC1. The summed E-state index contributed by atoms with van der Waals surface area (Å²) in [5.74, 6) is 0.964. The van der Waals surface area contributed by atoms with E-state index in [9.17, 15) is 0 Å². The maximum absolute atomic E-state index is 2.63. The van der Waals surface area contributed by atoms with Gasteiger partial charge in [0.15, 0.2) is 0 Å². The number of benzene rings is 1. The van der Waals surface area contributed by atoms with Gasteiger partial charge in [0.2, 0.25) is 0 Å². The van der Waals surface area contributed by atoms with Crippen LogP contribution in [0.25, 0.3) is 0 Å². The molecule has 2 aliphatic rings. The molecule has 0 unspecified atom stereocenters. The lowest BCUT2D eigenvalue weighted by atomic mass is 9.99. The average molecular weight is 215 g/mol. The van der Waals surface area contributed by atoms with Crippen LogP contribution < -0.4 is 4.90 Å². The summed E-state index contributed by atoms with van der Waals surface area (Å²) < 4.78 is 0. The molecular weight excluding hydrogens is 194 g/mol. The fraction of sp³-hybridized carbons (Fsp3) is 0.600. The third kappa shape index (κ3) is 1.95. The maximum atomic E-state index is 2.63. The number of fused-ring (bicyclic) bond motifs is 1. The Kier molecular flexibility index (Phi) is 2.86. The van der Waals surface area contributed by atoms with Gasteiger partial charge in [0, 0.05) is 18.8 Å². The first-order valence-corrected chi connectivity index (χ1v) is 6.76. The third-order valence-corrected chi connectivity index (χ3v) is 4.16. The molecule has 0 spiro atoms. The van der Waals surface area contributed by atoms with E-state index in [2.05, 4.69) is 29.2 Å². The molecule has 86 valence electrons. The lowest BCUT2D eigenvalue weighted by molar-refractivity contribution is 0.519. The lowest BCUT2D eigenvalue weighted by Gasteiger charge is -2.33. The summed E-state index contributed by atoms with van der Waals surface area (Å²) in [5, 5.41) is 0. The standard InChI is InChI=1S/C15H21N/c1-2-7-13(6-1)12-16-11-5-9-14-8-3-4-10-15(14)16/h3-4,8,10,13H,1-2,5-7,9,11-12H2. The van der Waals surface area contributed by atoms with Gasteiger partial charge in [0.1, 0.15) is 0 Å². The van der Waals surface area contributed by atoms with Crippen LogP contribution in [-0.2, 0) is 6.42 Å². The van der Waals surface area contributed by atoms with E-state index in [-0.39, 0.29) is 0 Å². The zero-order valence-corrected chi connectivity index (χ0v) is 9.99. The fourth-order valence-electron chi connectivity index (χ4n) is 3.31. The number of aryl methyl sites for hydroxylation is 1. The van der Waals surface area contributed by atoms with Gasteiger partial charge in [0.05, 0.1) is 0 Å². The largest absolute Gasteiger partial charge is 0.371 e. The Hall–Kier alpha value is -0.980. The van der Waals surface area contributed by atoms with E-state index in [1.165, 1.54) is 57.3 Å². The van der Waals surface area contributed by atoms with Gasteiger partial charge in [-0.15, -0.1) is 0 Å². The molecule has 0 N–H and O–H groups in total. The first-order chi connectivity index (χ1) is 7.93. The molecule has 1 nitrogen and oxygen atoms in total.